The minimum absolute atomic E-state index is 0.0178. The number of allylic oxidation sites excluding steroid dienone is 1. The van der Waals surface area contributed by atoms with Crippen LogP contribution in [0.15, 0.2) is 42.5 Å². The minimum Gasteiger partial charge on any atom is -0.444 e. The molecule has 0 unspecified atom stereocenters. The van der Waals surface area contributed by atoms with Gasteiger partial charge >= 0.3 is 12.2 Å². The number of ether oxygens (including phenoxy) is 2. The Morgan fingerprint density at radius 1 is 1.32 bits per heavy atom. The van der Waals surface area contributed by atoms with Gasteiger partial charge in [-0.25, -0.2) is 9.59 Å². The van der Waals surface area contributed by atoms with E-state index in [1.165, 1.54) is 6.08 Å². The first kappa shape index (κ1) is 17.9. The molecule has 0 bridgehead atoms. The highest BCUT2D eigenvalue weighted by molar-refractivity contribution is 14.1. The van der Waals surface area contributed by atoms with Crippen LogP contribution in [0, 0.1) is 0 Å². The molecule has 3 rings (SSSR count). The van der Waals surface area contributed by atoms with Gasteiger partial charge in [-0.15, -0.1) is 0 Å². The van der Waals surface area contributed by atoms with Gasteiger partial charge in [0.15, 0.2) is 5.78 Å². The van der Waals surface area contributed by atoms with Crippen LogP contribution in [0.4, 0.5) is 9.59 Å². The predicted molar refractivity (Wildman–Crippen MR) is 98.4 cm³/mol. The van der Waals surface area contributed by atoms with Gasteiger partial charge in [0.1, 0.15) is 18.2 Å². The summed E-state index contributed by atoms with van der Waals surface area (Å²) in [6, 6.07) is 9.24. The maximum Gasteiger partial charge on any atom is 0.420 e. The molecule has 1 spiro atoms. The molecule has 0 radical (unpaired) electrons. The molecule has 25 heavy (non-hydrogen) atoms. The summed E-state index contributed by atoms with van der Waals surface area (Å²) in [5, 5.41) is 0. The van der Waals surface area contributed by atoms with Crippen molar-refractivity contribution >= 4 is 40.6 Å². The number of imide groups is 1. The van der Waals surface area contributed by atoms with Crippen LogP contribution < -0.4 is 0 Å². The fourth-order valence-corrected chi connectivity index (χ4v) is 3.77. The number of rotatable bonds is 4. The molecule has 1 fully saturated rings. The molecule has 0 aromatic heterocycles. The number of ketones is 1. The van der Waals surface area contributed by atoms with E-state index in [2.05, 4.69) is 22.6 Å². The molecule has 1 aromatic carbocycles. The van der Waals surface area contributed by atoms with Crippen molar-refractivity contribution in [1.29, 1.82) is 0 Å². The van der Waals surface area contributed by atoms with Gasteiger partial charge in [-0.3, -0.25) is 4.79 Å². The molecule has 0 N–H and O–H groups in total. The second kappa shape index (κ2) is 7.55. The fraction of sp³-hybridized carbons (Fsp3) is 0.389. The Balaban J connectivity index is 1.81. The second-order valence-electron chi connectivity index (χ2n) is 6.02. The first-order valence-corrected chi connectivity index (χ1v) is 9.59. The van der Waals surface area contributed by atoms with Crippen LogP contribution in [0.5, 0.6) is 0 Å². The molecular weight excluding hydrogens is 437 g/mol. The van der Waals surface area contributed by atoms with Gasteiger partial charge in [-0.05, 0) is 24.5 Å². The third-order valence-electron chi connectivity index (χ3n) is 4.49. The van der Waals surface area contributed by atoms with E-state index >= 15 is 0 Å². The summed E-state index contributed by atoms with van der Waals surface area (Å²) in [6.45, 7) is 0.0686. The third kappa shape index (κ3) is 3.56. The average molecular weight is 455 g/mol. The van der Waals surface area contributed by atoms with E-state index in [1.807, 2.05) is 30.3 Å². The van der Waals surface area contributed by atoms with Crippen molar-refractivity contribution in [3.05, 3.63) is 48.0 Å². The van der Waals surface area contributed by atoms with Crippen molar-refractivity contribution in [2.24, 2.45) is 0 Å². The number of cyclic esters (lactones) is 1. The van der Waals surface area contributed by atoms with E-state index in [9.17, 15) is 14.4 Å². The zero-order chi connectivity index (χ0) is 17.9. The molecule has 1 heterocycles. The molecular formula is C18H18INO5. The number of carbonyl (C=O) groups excluding carboxylic acids is 3. The average Bonchev–Trinajstić information content (AvgIpc) is 2.88. The number of amides is 2. The summed E-state index contributed by atoms with van der Waals surface area (Å²) in [4.78, 5) is 37.6. The number of hydrogen-bond acceptors (Lipinski definition) is 5. The molecule has 6 nitrogen and oxygen atoms in total. The van der Waals surface area contributed by atoms with Crippen molar-refractivity contribution in [1.82, 2.24) is 4.90 Å². The Labute approximate surface area is 159 Å². The van der Waals surface area contributed by atoms with Crippen LogP contribution in [0.2, 0.25) is 0 Å². The van der Waals surface area contributed by atoms with Crippen molar-refractivity contribution in [2.75, 3.05) is 4.43 Å². The molecule has 2 atom stereocenters. The van der Waals surface area contributed by atoms with Crippen molar-refractivity contribution in [2.45, 2.75) is 37.5 Å². The number of benzene rings is 1. The molecule has 0 saturated carbocycles. The van der Waals surface area contributed by atoms with Crippen LogP contribution in [0.1, 0.15) is 24.8 Å². The van der Waals surface area contributed by atoms with Crippen molar-refractivity contribution in [3.8, 4) is 0 Å². The van der Waals surface area contributed by atoms with Crippen LogP contribution in [-0.4, -0.2) is 38.9 Å². The lowest BCUT2D eigenvalue weighted by Gasteiger charge is -2.36. The summed E-state index contributed by atoms with van der Waals surface area (Å²) in [7, 11) is 0. The monoisotopic (exact) mass is 455 g/mol. The summed E-state index contributed by atoms with van der Waals surface area (Å²) >= 11 is 2.20. The van der Waals surface area contributed by atoms with Crippen LogP contribution in [0.25, 0.3) is 0 Å². The number of halogens is 1. The van der Waals surface area contributed by atoms with Gasteiger partial charge in [0, 0.05) is 10.8 Å². The zero-order valence-corrected chi connectivity index (χ0v) is 15.7. The number of nitrogens with zero attached hydrogens (tertiary/aromatic N) is 1. The Kier molecular flexibility index (Phi) is 5.41. The summed E-state index contributed by atoms with van der Waals surface area (Å²) < 4.78 is 11.5. The molecule has 132 valence electrons. The normalized spacial score (nSPS) is 25.3. The van der Waals surface area contributed by atoms with Gasteiger partial charge in [-0.2, -0.15) is 4.90 Å². The molecule has 1 aliphatic carbocycles. The summed E-state index contributed by atoms with van der Waals surface area (Å²) in [6.07, 6.45) is 2.37. The summed E-state index contributed by atoms with van der Waals surface area (Å²) in [5.41, 5.74) is -0.111. The van der Waals surface area contributed by atoms with Crippen molar-refractivity contribution < 1.29 is 23.9 Å². The smallest absolute Gasteiger partial charge is 0.420 e. The second-order valence-corrected chi connectivity index (χ2v) is 7.10. The highest BCUT2D eigenvalue weighted by Crippen LogP contribution is 2.40. The van der Waals surface area contributed by atoms with Crippen molar-refractivity contribution in [3.63, 3.8) is 0 Å². The number of alkyl halides is 1. The Morgan fingerprint density at radius 2 is 2.08 bits per heavy atom. The van der Waals surface area contributed by atoms with Gasteiger partial charge in [0.2, 0.25) is 0 Å². The van der Waals surface area contributed by atoms with Gasteiger partial charge in [0.05, 0.1) is 0 Å². The molecule has 1 aliphatic heterocycles. The van der Waals surface area contributed by atoms with Crippen LogP contribution in [-0.2, 0) is 20.9 Å². The third-order valence-corrected chi connectivity index (χ3v) is 5.11. The largest absolute Gasteiger partial charge is 0.444 e. The topological polar surface area (TPSA) is 72.9 Å². The number of carbonyl (C=O) groups is 3. The maximum absolute atomic E-state index is 12.6. The SMILES string of the molecule is O=C1C=C[C@@]2(CC1)[C@@H](CCI)OC(=O)N2C(=O)OCc1ccccc1. The minimum atomic E-state index is -0.941. The maximum atomic E-state index is 12.6. The van der Waals surface area contributed by atoms with Gasteiger partial charge in [-0.1, -0.05) is 59.0 Å². The predicted octanol–water partition coefficient (Wildman–Crippen LogP) is 3.63. The van der Waals surface area contributed by atoms with Gasteiger partial charge < -0.3 is 9.47 Å². The highest BCUT2D eigenvalue weighted by Gasteiger charge is 2.57. The first-order valence-electron chi connectivity index (χ1n) is 8.06. The number of hydrogen-bond donors (Lipinski definition) is 0. The molecule has 2 amide bonds. The molecule has 1 saturated heterocycles. The first-order chi connectivity index (χ1) is 12.1. The lowest BCUT2D eigenvalue weighted by Crippen LogP contribution is -2.54. The lowest BCUT2D eigenvalue weighted by atomic mass is 9.81. The molecule has 7 heteroatoms. The van der Waals surface area contributed by atoms with E-state index in [1.54, 1.807) is 6.08 Å². The standard InChI is InChI=1S/C18H18INO5/c19-11-8-15-18(9-6-14(21)7-10-18)20(17(23)25-15)16(22)24-12-13-4-2-1-3-5-13/h1-6,9,15H,7-8,10-12H2/t15-,18-/m1/s1. The quantitative estimate of drug-likeness (QED) is 0.512. The van der Waals surface area contributed by atoms with E-state index in [-0.39, 0.29) is 18.8 Å². The fourth-order valence-electron chi connectivity index (χ4n) is 3.21. The summed E-state index contributed by atoms with van der Waals surface area (Å²) in [5.74, 6) is -0.0178. The lowest BCUT2D eigenvalue weighted by molar-refractivity contribution is -0.115. The van der Waals surface area contributed by atoms with E-state index < -0.39 is 23.8 Å². The molecule has 2 aliphatic rings. The van der Waals surface area contributed by atoms with Gasteiger partial charge in [0.25, 0.3) is 0 Å². The highest BCUT2D eigenvalue weighted by atomic mass is 127. The van der Waals surface area contributed by atoms with Crippen LogP contribution in [0.3, 0.4) is 0 Å². The Morgan fingerprint density at radius 3 is 2.72 bits per heavy atom. The van der Waals surface area contributed by atoms with E-state index in [0.717, 1.165) is 14.9 Å². The Hall–Kier alpha value is -1.90. The van der Waals surface area contributed by atoms with Crippen LogP contribution >= 0.6 is 22.6 Å². The van der Waals surface area contributed by atoms with E-state index in [4.69, 9.17) is 9.47 Å². The molecule has 1 aromatic rings. The van der Waals surface area contributed by atoms with E-state index in [0.29, 0.717) is 12.8 Å². The Bertz CT molecular complexity index is 705. The zero-order valence-electron chi connectivity index (χ0n) is 13.5.